The summed E-state index contributed by atoms with van der Waals surface area (Å²) in [6, 6.07) is 6.20. The molecule has 1 heterocycles. The van der Waals surface area contributed by atoms with Crippen LogP contribution in [0.5, 0.6) is 5.75 Å². The summed E-state index contributed by atoms with van der Waals surface area (Å²) in [6.45, 7) is 5.17. The number of nitrogens with one attached hydrogen (secondary N) is 1. The Morgan fingerprint density at radius 2 is 2.30 bits per heavy atom. The van der Waals surface area contributed by atoms with Gasteiger partial charge in [0.25, 0.3) is 0 Å². The van der Waals surface area contributed by atoms with Gasteiger partial charge in [0.05, 0.1) is 19.3 Å². The molecular weight excluding hydrogens is 254 g/mol. The largest absolute Gasteiger partial charge is 0.486 e. The lowest BCUT2D eigenvalue weighted by Crippen LogP contribution is -2.34. The molecule has 0 aromatic heterocycles. The monoisotopic (exact) mass is 277 g/mol. The smallest absolute Gasteiger partial charge is 0.305 e. The first-order chi connectivity index (χ1) is 9.60. The zero-order valence-electron chi connectivity index (χ0n) is 12.4. The zero-order chi connectivity index (χ0) is 14.5. The number of carbonyl (C=O) groups is 1. The normalized spacial score (nSPS) is 17.1. The predicted octanol–water partition coefficient (Wildman–Crippen LogP) is 3.01. The molecule has 20 heavy (non-hydrogen) atoms. The van der Waals surface area contributed by atoms with Crippen molar-refractivity contribution in [2.75, 3.05) is 19.0 Å². The van der Waals surface area contributed by atoms with Gasteiger partial charge in [-0.1, -0.05) is 19.9 Å². The molecule has 0 bridgehead atoms. The van der Waals surface area contributed by atoms with Gasteiger partial charge in [0.15, 0.2) is 0 Å². The Bertz CT molecular complexity index is 471. The molecule has 1 N–H and O–H groups in total. The Labute approximate surface area is 120 Å². The molecule has 1 atom stereocenters. The Morgan fingerprint density at radius 1 is 1.50 bits per heavy atom. The van der Waals surface area contributed by atoms with Gasteiger partial charge in [-0.3, -0.25) is 4.79 Å². The summed E-state index contributed by atoms with van der Waals surface area (Å²) in [4.78, 5) is 11.1. The van der Waals surface area contributed by atoms with Crippen molar-refractivity contribution in [2.24, 2.45) is 5.92 Å². The van der Waals surface area contributed by atoms with Crippen LogP contribution in [0.4, 0.5) is 5.69 Å². The van der Waals surface area contributed by atoms with Crippen LogP contribution >= 0.6 is 0 Å². The van der Waals surface area contributed by atoms with Crippen LogP contribution in [-0.4, -0.2) is 25.7 Å². The third-order valence-corrected chi connectivity index (χ3v) is 3.63. The third-order valence-electron chi connectivity index (χ3n) is 3.63. The van der Waals surface area contributed by atoms with E-state index in [1.54, 1.807) is 0 Å². The van der Waals surface area contributed by atoms with Crippen molar-refractivity contribution in [1.29, 1.82) is 0 Å². The average Bonchev–Trinajstić information content (AvgIpc) is 2.46. The van der Waals surface area contributed by atoms with E-state index in [1.165, 1.54) is 12.7 Å². The molecule has 1 aromatic rings. The van der Waals surface area contributed by atoms with Gasteiger partial charge in [-0.2, -0.15) is 0 Å². The predicted molar refractivity (Wildman–Crippen MR) is 79.1 cm³/mol. The van der Waals surface area contributed by atoms with E-state index < -0.39 is 0 Å². The molecular formula is C16H23NO3. The Kier molecular flexibility index (Phi) is 4.88. The number of anilines is 1. The molecule has 0 fully saturated rings. The molecule has 0 saturated heterocycles. The second-order valence-electron chi connectivity index (χ2n) is 5.54. The van der Waals surface area contributed by atoms with Crippen molar-refractivity contribution in [3.63, 3.8) is 0 Å². The highest BCUT2D eigenvalue weighted by molar-refractivity contribution is 5.69. The summed E-state index contributed by atoms with van der Waals surface area (Å²) in [5.41, 5.74) is 2.27. The highest BCUT2D eigenvalue weighted by Crippen LogP contribution is 2.32. The van der Waals surface area contributed by atoms with Crippen LogP contribution < -0.4 is 10.1 Å². The summed E-state index contributed by atoms with van der Waals surface area (Å²) in [6.07, 6.45) is 2.37. The van der Waals surface area contributed by atoms with E-state index in [1.807, 2.05) is 6.07 Å². The molecule has 1 aromatic carbocycles. The quantitative estimate of drug-likeness (QED) is 0.840. The number of hydrogen-bond donors (Lipinski definition) is 1. The summed E-state index contributed by atoms with van der Waals surface area (Å²) in [5, 5.41) is 3.43. The topological polar surface area (TPSA) is 47.6 Å². The molecule has 1 aliphatic rings. The number of ether oxygens (including phenoxy) is 2. The fourth-order valence-corrected chi connectivity index (χ4v) is 2.30. The minimum Gasteiger partial charge on any atom is -0.486 e. The molecule has 0 amide bonds. The van der Waals surface area contributed by atoms with E-state index in [0.29, 0.717) is 12.3 Å². The van der Waals surface area contributed by atoms with E-state index in [-0.39, 0.29) is 12.1 Å². The zero-order valence-corrected chi connectivity index (χ0v) is 12.4. The number of rotatable bonds is 5. The van der Waals surface area contributed by atoms with Crippen molar-refractivity contribution in [1.82, 2.24) is 0 Å². The molecule has 0 saturated carbocycles. The molecule has 4 heteroatoms. The van der Waals surface area contributed by atoms with Crippen LogP contribution in [0.1, 0.15) is 32.3 Å². The maximum atomic E-state index is 11.1. The second kappa shape index (κ2) is 6.64. The van der Waals surface area contributed by atoms with Crippen LogP contribution in [0.25, 0.3) is 0 Å². The van der Waals surface area contributed by atoms with Gasteiger partial charge in [0.2, 0.25) is 0 Å². The highest BCUT2D eigenvalue weighted by Gasteiger charge is 2.21. The Balaban J connectivity index is 1.94. The fourth-order valence-electron chi connectivity index (χ4n) is 2.30. The van der Waals surface area contributed by atoms with Gasteiger partial charge in [-0.15, -0.1) is 0 Å². The minimum atomic E-state index is -0.149. The second-order valence-corrected chi connectivity index (χ2v) is 5.54. The lowest BCUT2D eigenvalue weighted by molar-refractivity contribution is -0.140. The first-order valence-electron chi connectivity index (χ1n) is 7.20. The number of fused-ring (bicyclic) bond motifs is 1. The molecule has 0 spiro atoms. The van der Waals surface area contributed by atoms with E-state index in [4.69, 9.17) is 4.74 Å². The fraction of sp³-hybridized carbons (Fsp3) is 0.562. The van der Waals surface area contributed by atoms with Crippen LogP contribution in [-0.2, 0) is 16.0 Å². The maximum Gasteiger partial charge on any atom is 0.305 e. The molecule has 2 rings (SSSR count). The summed E-state index contributed by atoms with van der Waals surface area (Å²) in [5.74, 6) is 1.27. The van der Waals surface area contributed by atoms with E-state index >= 15 is 0 Å². The van der Waals surface area contributed by atoms with E-state index in [0.717, 1.165) is 30.8 Å². The van der Waals surface area contributed by atoms with Gasteiger partial charge >= 0.3 is 5.97 Å². The first kappa shape index (κ1) is 14.7. The van der Waals surface area contributed by atoms with E-state index in [2.05, 4.69) is 36.0 Å². The maximum absolute atomic E-state index is 11.1. The Hall–Kier alpha value is -1.71. The summed E-state index contributed by atoms with van der Waals surface area (Å²) >= 11 is 0. The van der Waals surface area contributed by atoms with Gasteiger partial charge < -0.3 is 14.8 Å². The molecule has 1 aliphatic heterocycles. The number of esters is 1. The molecule has 0 radical (unpaired) electrons. The standard InChI is InChI=1S/C16H23NO3/c1-11(2)15-10-17-13-9-12(7-8-14(13)20-15)5-4-6-16(18)19-3/h7-9,11,15,17H,4-6,10H2,1-3H3. The minimum absolute atomic E-state index is 0.149. The van der Waals surface area contributed by atoms with Crippen LogP contribution in [0.3, 0.4) is 0 Å². The molecule has 1 unspecified atom stereocenters. The number of benzene rings is 1. The van der Waals surface area contributed by atoms with Crippen molar-refractivity contribution in [2.45, 2.75) is 39.2 Å². The molecule has 110 valence electrons. The van der Waals surface area contributed by atoms with Gasteiger partial charge in [0, 0.05) is 6.42 Å². The lowest BCUT2D eigenvalue weighted by atomic mass is 10.0. The number of methoxy groups -OCH3 is 1. The lowest BCUT2D eigenvalue weighted by Gasteiger charge is -2.30. The van der Waals surface area contributed by atoms with Gasteiger partial charge in [0.1, 0.15) is 11.9 Å². The first-order valence-corrected chi connectivity index (χ1v) is 7.20. The Morgan fingerprint density at radius 3 is 3.00 bits per heavy atom. The van der Waals surface area contributed by atoms with Crippen molar-refractivity contribution >= 4 is 11.7 Å². The number of hydrogen-bond acceptors (Lipinski definition) is 4. The van der Waals surface area contributed by atoms with Crippen LogP contribution in [0.15, 0.2) is 18.2 Å². The van der Waals surface area contributed by atoms with Crippen molar-refractivity contribution in [3.8, 4) is 5.75 Å². The van der Waals surface area contributed by atoms with Crippen LogP contribution in [0, 0.1) is 5.92 Å². The highest BCUT2D eigenvalue weighted by atomic mass is 16.5. The van der Waals surface area contributed by atoms with Crippen molar-refractivity contribution < 1.29 is 14.3 Å². The van der Waals surface area contributed by atoms with Crippen molar-refractivity contribution in [3.05, 3.63) is 23.8 Å². The molecule has 0 aliphatic carbocycles. The number of carbonyl (C=O) groups excluding carboxylic acids is 1. The van der Waals surface area contributed by atoms with Crippen LogP contribution in [0.2, 0.25) is 0 Å². The van der Waals surface area contributed by atoms with Gasteiger partial charge in [-0.25, -0.2) is 0 Å². The third kappa shape index (κ3) is 3.65. The molecule has 4 nitrogen and oxygen atoms in total. The average molecular weight is 277 g/mol. The number of aryl methyl sites for hydroxylation is 1. The van der Waals surface area contributed by atoms with Gasteiger partial charge in [-0.05, 0) is 36.5 Å². The SMILES string of the molecule is COC(=O)CCCc1ccc2c(c1)NCC(C(C)C)O2. The van der Waals surface area contributed by atoms with E-state index in [9.17, 15) is 4.79 Å². The summed E-state index contributed by atoms with van der Waals surface area (Å²) in [7, 11) is 1.42. The summed E-state index contributed by atoms with van der Waals surface area (Å²) < 4.78 is 10.6.